The lowest BCUT2D eigenvalue weighted by molar-refractivity contribution is -0.145. The molecule has 20 heavy (non-hydrogen) atoms. The number of esters is 2. The van der Waals surface area contributed by atoms with Gasteiger partial charge in [-0.2, -0.15) is 0 Å². The second-order valence-electron chi connectivity index (χ2n) is 4.01. The van der Waals surface area contributed by atoms with E-state index in [-0.39, 0.29) is 19.6 Å². The van der Waals surface area contributed by atoms with Crippen molar-refractivity contribution in [2.45, 2.75) is 6.54 Å². The van der Waals surface area contributed by atoms with Gasteiger partial charge in [0.25, 0.3) is 0 Å². The van der Waals surface area contributed by atoms with E-state index in [4.69, 9.17) is 23.2 Å². The van der Waals surface area contributed by atoms with Crippen LogP contribution in [0.15, 0.2) is 18.2 Å². The molecule has 0 spiro atoms. The Kier molecular flexibility index (Phi) is 6.78. The Bertz CT molecular complexity index is 475. The van der Waals surface area contributed by atoms with Crippen LogP contribution in [-0.2, 0) is 25.6 Å². The molecule has 7 heteroatoms. The van der Waals surface area contributed by atoms with Gasteiger partial charge in [-0.1, -0.05) is 35.3 Å². The Balaban J connectivity index is 2.84. The minimum atomic E-state index is -0.452. The van der Waals surface area contributed by atoms with Crippen molar-refractivity contribution in [3.8, 4) is 0 Å². The smallest absolute Gasteiger partial charge is 0.319 e. The van der Waals surface area contributed by atoms with Crippen molar-refractivity contribution in [3.05, 3.63) is 33.8 Å². The van der Waals surface area contributed by atoms with Gasteiger partial charge in [-0.25, -0.2) is 0 Å². The maximum atomic E-state index is 11.4. The molecule has 0 unspecified atom stereocenters. The molecule has 0 aliphatic rings. The highest BCUT2D eigenvalue weighted by molar-refractivity contribution is 6.42. The van der Waals surface area contributed by atoms with Crippen LogP contribution in [0.3, 0.4) is 0 Å². The maximum Gasteiger partial charge on any atom is 0.319 e. The molecule has 0 aliphatic carbocycles. The van der Waals surface area contributed by atoms with Crippen LogP contribution in [0.5, 0.6) is 0 Å². The normalized spacial score (nSPS) is 10.4. The average molecular weight is 320 g/mol. The lowest BCUT2D eigenvalue weighted by atomic mass is 10.2. The Morgan fingerprint density at radius 1 is 1.10 bits per heavy atom. The highest BCUT2D eigenvalue weighted by Gasteiger charge is 2.17. The van der Waals surface area contributed by atoms with E-state index < -0.39 is 11.9 Å². The summed E-state index contributed by atoms with van der Waals surface area (Å²) in [6.07, 6.45) is 0. The van der Waals surface area contributed by atoms with Gasteiger partial charge in [0.2, 0.25) is 0 Å². The number of hydrogen-bond acceptors (Lipinski definition) is 5. The first kappa shape index (κ1) is 16.8. The van der Waals surface area contributed by atoms with Crippen molar-refractivity contribution in [3.63, 3.8) is 0 Å². The molecule has 1 aromatic carbocycles. The SMILES string of the molecule is COC(=O)CN(CC(=O)OC)Cc1cccc(Cl)c1Cl. The number of carbonyl (C=O) groups is 2. The van der Waals surface area contributed by atoms with E-state index in [9.17, 15) is 9.59 Å². The lowest BCUT2D eigenvalue weighted by Gasteiger charge is -2.20. The third kappa shape index (κ3) is 5.00. The molecule has 1 aromatic rings. The van der Waals surface area contributed by atoms with Crippen molar-refractivity contribution in [1.29, 1.82) is 0 Å². The predicted molar refractivity (Wildman–Crippen MR) is 75.8 cm³/mol. The highest BCUT2D eigenvalue weighted by Crippen LogP contribution is 2.26. The van der Waals surface area contributed by atoms with E-state index >= 15 is 0 Å². The van der Waals surface area contributed by atoms with Gasteiger partial charge in [-0.05, 0) is 11.6 Å². The van der Waals surface area contributed by atoms with Gasteiger partial charge in [-0.3, -0.25) is 14.5 Å². The summed E-state index contributed by atoms with van der Waals surface area (Å²) in [5.74, 6) is -0.904. The number of methoxy groups -OCH3 is 2. The molecule has 0 fully saturated rings. The third-order valence-corrected chi connectivity index (χ3v) is 3.44. The number of halogens is 2. The number of nitrogens with zero attached hydrogens (tertiary/aromatic N) is 1. The Morgan fingerprint density at radius 3 is 2.15 bits per heavy atom. The Hall–Kier alpha value is -1.30. The van der Waals surface area contributed by atoms with Gasteiger partial charge in [0.05, 0.1) is 37.4 Å². The second kappa shape index (κ2) is 8.09. The summed E-state index contributed by atoms with van der Waals surface area (Å²) >= 11 is 12.0. The van der Waals surface area contributed by atoms with Crippen LogP contribution in [0.25, 0.3) is 0 Å². The van der Waals surface area contributed by atoms with Gasteiger partial charge in [0.1, 0.15) is 0 Å². The zero-order valence-electron chi connectivity index (χ0n) is 11.2. The molecular formula is C13H15Cl2NO4. The van der Waals surface area contributed by atoms with Crippen LogP contribution in [-0.4, -0.2) is 44.1 Å². The third-order valence-electron chi connectivity index (χ3n) is 2.59. The molecule has 0 saturated carbocycles. The quantitative estimate of drug-likeness (QED) is 0.752. The van der Waals surface area contributed by atoms with Crippen LogP contribution < -0.4 is 0 Å². The summed E-state index contributed by atoms with van der Waals surface area (Å²) in [4.78, 5) is 24.3. The molecule has 0 heterocycles. The molecule has 0 atom stereocenters. The molecule has 0 saturated heterocycles. The zero-order chi connectivity index (χ0) is 15.1. The molecule has 0 aliphatic heterocycles. The standard InChI is InChI=1S/C13H15Cl2NO4/c1-19-11(17)7-16(8-12(18)20-2)6-9-4-3-5-10(14)13(9)15/h3-5H,6-8H2,1-2H3. The van der Waals surface area contributed by atoms with Crippen LogP contribution in [0, 0.1) is 0 Å². The molecule has 0 aromatic heterocycles. The zero-order valence-corrected chi connectivity index (χ0v) is 12.7. The fraction of sp³-hybridized carbons (Fsp3) is 0.385. The first-order valence-electron chi connectivity index (χ1n) is 5.76. The highest BCUT2D eigenvalue weighted by atomic mass is 35.5. The maximum absolute atomic E-state index is 11.4. The van der Waals surface area contributed by atoms with E-state index in [1.165, 1.54) is 14.2 Å². The molecule has 5 nitrogen and oxygen atoms in total. The number of ether oxygens (including phenoxy) is 2. The van der Waals surface area contributed by atoms with Crippen molar-refractivity contribution >= 4 is 35.1 Å². The van der Waals surface area contributed by atoms with Gasteiger partial charge in [0.15, 0.2) is 0 Å². The first-order chi connectivity index (χ1) is 9.47. The van der Waals surface area contributed by atoms with Crippen molar-refractivity contribution < 1.29 is 19.1 Å². The monoisotopic (exact) mass is 319 g/mol. The second-order valence-corrected chi connectivity index (χ2v) is 4.80. The van der Waals surface area contributed by atoms with Gasteiger partial charge in [-0.15, -0.1) is 0 Å². The molecular weight excluding hydrogens is 305 g/mol. The number of carbonyl (C=O) groups excluding carboxylic acids is 2. The van der Waals surface area contributed by atoms with Crippen LogP contribution in [0.4, 0.5) is 0 Å². The minimum Gasteiger partial charge on any atom is -0.468 e. The van der Waals surface area contributed by atoms with Crippen molar-refractivity contribution in [1.82, 2.24) is 4.90 Å². The summed E-state index contributed by atoms with van der Waals surface area (Å²) < 4.78 is 9.19. The number of rotatable bonds is 6. The van der Waals surface area contributed by atoms with E-state index in [0.29, 0.717) is 15.6 Å². The first-order valence-corrected chi connectivity index (χ1v) is 6.52. The molecule has 0 amide bonds. The van der Waals surface area contributed by atoms with E-state index in [0.717, 1.165) is 0 Å². The Labute approximate surface area is 127 Å². The summed E-state index contributed by atoms with van der Waals surface area (Å²) in [6.45, 7) is 0.187. The summed E-state index contributed by atoms with van der Waals surface area (Å²) in [6, 6.07) is 5.19. The average Bonchev–Trinajstić information content (AvgIpc) is 2.43. The van der Waals surface area contributed by atoms with Gasteiger partial charge < -0.3 is 9.47 Å². The van der Waals surface area contributed by atoms with Crippen LogP contribution in [0.2, 0.25) is 10.0 Å². The van der Waals surface area contributed by atoms with Crippen molar-refractivity contribution in [2.75, 3.05) is 27.3 Å². The van der Waals surface area contributed by atoms with E-state index in [1.54, 1.807) is 23.1 Å². The molecule has 110 valence electrons. The molecule has 0 N–H and O–H groups in total. The Morgan fingerprint density at radius 2 is 1.65 bits per heavy atom. The fourth-order valence-corrected chi connectivity index (χ4v) is 1.95. The molecule has 0 bridgehead atoms. The van der Waals surface area contributed by atoms with Crippen molar-refractivity contribution in [2.24, 2.45) is 0 Å². The predicted octanol–water partition coefficient (Wildman–Crippen LogP) is 2.14. The minimum absolute atomic E-state index is 0.0472. The topological polar surface area (TPSA) is 55.8 Å². The van der Waals surface area contributed by atoms with E-state index in [1.807, 2.05) is 0 Å². The lowest BCUT2D eigenvalue weighted by Crippen LogP contribution is -2.35. The summed E-state index contributed by atoms with van der Waals surface area (Å²) in [5.41, 5.74) is 0.715. The number of hydrogen-bond donors (Lipinski definition) is 0. The number of benzene rings is 1. The fourth-order valence-electron chi connectivity index (χ4n) is 1.57. The van der Waals surface area contributed by atoms with Gasteiger partial charge in [0, 0.05) is 6.54 Å². The largest absolute Gasteiger partial charge is 0.468 e. The van der Waals surface area contributed by atoms with Crippen LogP contribution >= 0.6 is 23.2 Å². The summed E-state index contributed by atoms with van der Waals surface area (Å²) in [5, 5.41) is 0.814. The van der Waals surface area contributed by atoms with Crippen LogP contribution in [0.1, 0.15) is 5.56 Å². The van der Waals surface area contributed by atoms with E-state index in [2.05, 4.69) is 9.47 Å². The van der Waals surface area contributed by atoms with Gasteiger partial charge >= 0.3 is 11.9 Å². The molecule has 0 radical (unpaired) electrons. The summed E-state index contributed by atoms with van der Waals surface area (Å²) in [7, 11) is 2.57. The molecule has 1 rings (SSSR count).